The zero-order valence-corrected chi connectivity index (χ0v) is 9.98. The van der Waals surface area contributed by atoms with E-state index in [1.807, 2.05) is 13.8 Å². The second-order valence-corrected chi connectivity index (χ2v) is 6.02. The molecule has 2 atom stereocenters. The fourth-order valence-corrected chi connectivity index (χ4v) is 2.76. The summed E-state index contributed by atoms with van der Waals surface area (Å²) < 4.78 is 11.3. The minimum atomic E-state index is -0.632. The summed E-state index contributed by atoms with van der Waals surface area (Å²) >= 11 is 0. The van der Waals surface area contributed by atoms with Crippen LogP contribution >= 0.6 is 0 Å². The van der Waals surface area contributed by atoms with Crippen LogP contribution in [0.25, 0.3) is 0 Å². The molecule has 4 heteroatoms. The molecule has 1 aliphatic heterocycles. The fraction of sp³-hybridized carbons (Fsp3) is 1.00. The zero-order valence-electron chi connectivity index (χ0n) is 9.16. The van der Waals surface area contributed by atoms with Gasteiger partial charge in [0.05, 0.1) is 5.60 Å². The maximum absolute atomic E-state index is 11.3. The monoisotopic (exact) mass is 219 g/mol. The van der Waals surface area contributed by atoms with Crippen LogP contribution < -0.4 is 0 Å². The molecule has 1 rings (SSSR count). The van der Waals surface area contributed by atoms with Crippen LogP contribution in [-0.2, 0) is 10.8 Å². The highest BCUT2D eigenvalue weighted by Gasteiger charge is 2.23. The quantitative estimate of drug-likeness (QED) is 0.756. The highest BCUT2D eigenvalue weighted by molar-refractivity contribution is 7.85. The molecule has 1 N–H and O–H groups in total. The van der Waals surface area contributed by atoms with Gasteiger partial charge in [0.25, 0.3) is 0 Å². The van der Waals surface area contributed by atoms with Crippen LogP contribution in [0.5, 0.6) is 0 Å². The summed E-state index contributed by atoms with van der Waals surface area (Å²) in [5, 5.41) is 9.92. The summed E-state index contributed by atoms with van der Waals surface area (Å²) in [5.74, 6) is 1.59. The molecular weight excluding hydrogens is 198 g/mol. The van der Waals surface area contributed by atoms with Crippen LogP contribution in [0.2, 0.25) is 0 Å². The molecule has 0 aliphatic carbocycles. The topological polar surface area (TPSA) is 40.5 Å². The normalized spacial score (nSPS) is 29.5. The summed E-state index contributed by atoms with van der Waals surface area (Å²) in [6.45, 7) is 6.41. The van der Waals surface area contributed by atoms with Gasteiger partial charge in [0.1, 0.15) is 0 Å². The molecule has 0 radical (unpaired) electrons. The first kappa shape index (κ1) is 12.1. The van der Waals surface area contributed by atoms with Crippen LogP contribution in [-0.4, -0.2) is 51.0 Å². The van der Waals surface area contributed by atoms with Crippen molar-refractivity contribution < 1.29 is 9.32 Å². The van der Waals surface area contributed by atoms with Crippen molar-refractivity contribution in [3.8, 4) is 0 Å². The van der Waals surface area contributed by atoms with Gasteiger partial charge in [-0.3, -0.25) is 9.11 Å². The molecule has 84 valence electrons. The summed E-state index contributed by atoms with van der Waals surface area (Å²) in [4.78, 5) is 2.23. The molecule has 1 fully saturated rings. The van der Waals surface area contributed by atoms with E-state index in [1.165, 1.54) is 0 Å². The zero-order chi connectivity index (χ0) is 10.6. The van der Waals surface area contributed by atoms with Gasteiger partial charge in [0.15, 0.2) is 0 Å². The Morgan fingerprint density at radius 3 is 2.79 bits per heavy atom. The molecule has 1 saturated heterocycles. The van der Waals surface area contributed by atoms with Crippen LogP contribution in [0.3, 0.4) is 0 Å². The van der Waals surface area contributed by atoms with E-state index in [0.717, 1.165) is 37.4 Å². The van der Waals surface area contributed by atoms with Gasteiger partial charge >= 0.3 is 0 Å². The number of nitrogens with zero attached hydrogens (tertiary/aromatic N) is 1. The Morgan fingerprint density at radius 1 is 1.43 bits per heavy atom. The Bertz CT molecular complexity index is 206. The van der Waals surface area contributed by atoms with Crippen LogP contribution in [0.15, 0.2) is 0 Å². The van der Waals surface area contributed by atoms with Gasteiger partial charge in [-0.25, -0.2) is 0 Å². The van der Waals surface area contributed by atoms with E-state index in [2.05, 4.69) is 4.90 Å². The van der Waals surface area contributed by atoms with E-state index in [1.54, 1.807) is 0 Å². The van der Waals surface area contributed by atoms with Crippen molar-refractivity contribution in [1.29, 1.82) is 0 Å². The van der Waals surface area contributed by atoms with E-state index < -0.39 is 16.4 Å². The van der Waals surface area contributed by atoms with Crippen molar-refractivity contribution in [2.24, 2.45) is 0 Å². The third kappa shape index (κ3) is 4.07. The lowest BCUT2D eigenvalue weighted by Crippen LogP contribution is -2.41. The Balaban J connectivity index is 2.41. The molecule has 0 aromatic rings. The molecule has 14 heavy (non-hydrogen) atoms. The second-order valence-electron chi connectivity index (χ2n) is 4.33. The summed E-state index contributed by atoms with van der Waals surface area (Å²) in [6.07, 6.45) is 1.76. The highest BCUT2D eigenvalue weighted by atomic mass is 32.2. The molecule has 1 aliphatic rings. The minimum absolute atomic E-state index is 0.591. The smallest absolute Gasteiger partial charge is 0.0743 e. The maximum Gasteiger partial charge on any atom is 0.0743 e. The fourth-order valence-electron chi connectivity index (χ4n) is 1.65. The average Bonchev–Trinajstić information content (AvgIpc) is 2.31. The van der Waals surface area contributed by atoms with E-state index in [9.17, 15) is 9.32 Å². The summed E-state index contributed by atoms with van der Waals surface area (Å²) in [7, 11) is -0.632. The third-order valence-electron chi connectivity index (χ3n) is 2.81. The predicted octanol–water partition coefficient (Wildman–Crippen LogP) is 0.602. The van der Waals surface area contributed by atoms with E-state index in [4.69, 9.17) is 0 Å². The summed E-state index contributed by atoms with van der Waals surface area (Å²) in [6, 6.07) is 0. The molecule has 1 heterocycles. The van der Waals surface area contributed by atoms with Crippen molar-refractivity contribution in [1.82, 2.24) is 4.90 Å². The first-order chi connectivity index (χ1) is 6.53. The molecular formula is C10H21NO2S. The second kappa shape index (κ2) is 5.24. The number of β-amino-alcohol motifs (C(OH)–C–C–N with tert-alkyl or cyclic N) is 1. The van der Waals surface area contributed by atoms with Crippen molar-refractivity contribution in [2.75, 3.05) is 31.1 Å². The predicted molar refractivity (Wildman–Crippen MR) is 59.8 cm³/mol. The lowest BCUT2D eigenvalue weighted by Gasteiger charge is -2.29. The van der Waals surface area contributed by atoms with Gasteiger partial charge in [-0.1, -0.05) is 6.92 Å². The molecule has 0 bridgehead atoms. The average molecular weight is 219 g/mol. The molecule has 0 aromatic heterocycles. The molecule has 0 saturated carbocycles. The summed E-state index contributed by atoms with van der Waals surface area (Å²) in [5.41, 5.74) is -0.591. The lowest BCUT2D eigenvalue weighted by atomic mass is 10.0. The van der Waals surface area contributed by atoms with Crippen molar-refractivity contribution in [2.45, 2.75) is 32.3 Å². The molecule has 2 unspecified atom stereocenters. The SMILES string of the molecule is CCC(C)(O)CN1CCCS(=O)CC1. The Kier molecular flexibility index (Phi) is 4.54. The van der Waals surface area contributed by atoms with Crippen molar-refractivity contribution >= 4 is 10.8 Å². The van der Waals surface area contributed by atoms with Crippen molar-refractivity contribution in [3.05, 3.63) is 0 Å². The standard InChI is InChI=1S/C10H21NO2S/c1-3-10(2,12)9-11-5-4-7-14(13)8-6-11/h12H,3-9H2,1-2H3. The van der Waals surface area contributed by atoms with Gasteiger partial charge in [-0.15, -0.1) is 0 Å². The number of hydrogen-bond donors (Lipinski definition) is 1. The van der Waals surface area contributed by atoms with Crippen LogP contribution in [0, 0.1) is 0 Å². The van der Waals surface area contributed by atoms with Crippen LogP contribution in [0.1, 0.15) is 26.7 Å². The van der Waals surface area contributed by atoms with Gasteiger partial charge in [0.2, 0.25) is 0 Å². The first-order valence-corrected chi connectivity index (χ1v) is 6.82. The first-order valence-electron chi connectivity index (χ1n) is 5.33. The molecule has 0 aromatic carbocycles. The largest absolute Gasteiger partial charge is 0.389 e. The molecule has 0 spiro atoms. The number of rotatable bonds is 3. The highest BCUT2D eigenvalue weighted by Crippen LogP contribution is 2.12. The van der Waals surface area contributed by atoms with E-state index in [-0.39, 0.29) is 0 Å². The van der Waals surface area contributed by atoms with E-state index >= 15 is 0 Å². The Morgan fingerprint density at radius 2 is 2.14 bits per heavy atom. The molecule has 3 nitrogen and oxygen atoms in total. The van der Waals surface area contributed by atoms with Gasteiger partial charge < -0.3 is 5.11 Å². The van der Waals surface area contributed by atoms with Crippen molar-refractivity contribution in [3.63, 3.8) is 0 Å². The van der Waals surface area contributed by atoms with Gasteiger partial charge in [0, 0.05) is 35.4 Å². The van der Waals surface area contributed by atoms with Gasteiger partial charge in [-0.2, -0.15) is 0 Å². The minimum Gasteiger partial charge on any atom is -0.389 e. The molecule has 0 amide bonds. The number of aliphatic hydroxyl groups is 1. The van der Waals surface area contributed by atoms with Gasteiger partial charge in [-0.05, 0) is 26.3 Å². The number of hydrogen-bond acceptors (Lipinski definition) is 3. The van der Waals surface area contributed by atoms with E-state index in [0.29, 0.717) is 6.54 Å². The maximum atomic E-state index is 11.3. The van der Waals surface area contributed by atoms with Crippen LogP contribution in [0.4, 0.5) is 0 Å². The Hall–Kier alpha value is 0.0700. The lowest BCUT2D eigenvalue weighted by molar-refractivity contribution is 0.0186. The third-order valence-corrected chi connectivity index (χ3v) is 4.19. The Labute approximate surface area is 88.9 Å².